The highest BCUT2D eigenvalue weighted by molar-refractivity contribution is 8.01. The van der Waals surface area contributed by atoms with E-state index in [1.54, 1.807) is 14.2 Å². The molecule has 0 spiro atoms. The number of nitrogens with one attached hydrogen (secondary N) is 2. The molecule has 0 saturated carbocycles. The van der Waals surface area contributed by atoms with Gasteiger partial charge in [0.2, 0.25) is 11.0 Å². The lowest BCUT2D eigenvalue weighted by atomic mass is 10.3. The number of amides is 1. The first-order valence-electron chi connectivity index (χ1n) is 8.75. The molecule has 1 amide bonds. The van der Waals surface area contributed by atoms with Crippen LogP contribution in [-0.4, -0.2) is 41.1 Å². The zero-order valence-electron chi connectivity index (χ0n) is 16.0. The van der Waals surface area contributed by atoms with Crippen molar-refractivity contribution in [2.24, 2.45) is 0 Å². The number of anilines is 3. The number of carbonyl (C=O) groups is 1. The highest BCUT2D eigenvalue weighted by Gasteiger charge is 2.12. The SMILES string of the molecule is COc1cccc(Nc2nnc(SCC(=O)Nc3nc4ccc(OC)cc4s3)s2)c1. The Labute approximate surface area is 184 Å². The van der Waals surface area contributed by atoms with Crippen molar-refractivity contribution >= 4 is 66.5 Å². The largest absolute Gasteiger partial charge is 0.497 e. The maximum Gasteiger partial charge on any atom is 0.236 e. The number of carbonyl (C=O) groups excluding carboxylic acids is 1. The average molecular weight is 460 g/mol. The minimum Gasteiger partial charge on any atom is -0.497 e. The van der Waals surface area contributed by atoms with Crippen LogP contribution in [0.1, 0.15) is 0 Å². The molecule has 4 aromatic rings. The van der Waals surface area contributed by atoms with E-state index in [0.29, 0.717) is 14.6 Å². The lowest BCUT2D eigenvalue weighted by molar-refractivity contribution is -0.113. The van der Waals surface area contributed by atoms with Crippen LogP contribution in [0.3, 0.4) is 0 Å². The summed E-state index contributed by atoms with van der Waals surface area (Å²) in [4.78, 5) is 16.7. The molecule has 0 aliphatic rings. The van der Waals surface area contributed by atoms with Gasteiger partial charge in [-0.3, -0.25) is 4.79 Å². The van der Waals surface area contributed by atoms with E-state index in [9.17, 15) is 4.79 Å². The number of ether oxygens (including phenoxy) is 2. The van der Waals surface area contributed by atoms with Crippen LogP contribution < -0.4 is 20.1 Å². The van der Waals surface area contributed by atoms with Crippen molar-refractivity contribution in [1.82, 2.24) is 15.2 Å². The second-order valence-electron chi connectivity index (χ2n) is 5.92. The topological polar surface area (TPSA) is 98.3 Å². The van der Waals surface area contributed by atoms with Crippen molar-refractivity contribution < 1.29 is 14.3 Å². The van der Waals surface area contributed by atoms with Crippen LogP contribution in [0.5, 0.6) is 11.5 Å². The van der Waals surface area contributed by atoms with Crippen LogP contribution in [0.25, 0.3) is 10.2 Å². The standard InChI is InChI=1S/C19H17N5O3S3/c1-26-12-5-3-4-11(8-12)20-18-23-24-19(30-18)28-10-16(25)22-17-21-14-7-6-13(27-2)9-15(14)29-17/h3-9H,10H2,1-2H3,(H,20,23)(H,21,22,25). The Kier molecular flexibility index (Phi) is 6.31. The van der Waals surface area contributed by atoms with Crippen LogP contribution in [0.2, 0.25) is 0 Å². The minimum absolute atomic E-state index is 0.150. The average Bonchev–Trinajstić information content (AvgIpc) is 3.37. The summed E-state index contributed by atoms with van der Waals surface area (Å²) in [5.41, 5.74) is 1.67. The Bertz CT molecular complexity index is 1180. The zero-order valence-corrected chi connectivity index (χ0v) is 18.5. The van der Waals surface area contributed by atoms with Crippen molar-refractivity contribution in [2.75, 3.05) is 30.6 Å². The van der Waals surface area contributed by atoms with Gasteiger partial charge in [-0.2, -0.15) is 0 Å². The number of thioether (sulfide) groups is 1. The minimum atomic E-state index is -0.150. The summed E-state index contributed by atoms with van der Waals surface area (Å²) in [5.74, 6) is 1.58. The van der Waals surface area contributed by atoms with Crippen LogP contribution in [0.15, 0.2) is 46.8 Å². The Balaban J connectivity index is 1.32. The number of thiazole rings is 1. The Hall–Kier alpha value is -2.89. The van der Waals surface area contributed by atoms with Gasteiger partial charge < -0.3 is 20.1 Å². The smallest absolute Gasteiger partial charge is 0.236 e. The summed E-state index contributed by atoms with van der Waals surface area (Å²) in [6.45, 7) is 0. The van der Waals surface area contributed by atoms with E-state index in [0.717, 1.165) is 27.4 Å². The fourth-order valence-corrected chi connectivity index (χ4v) is 4.99. The summed E-state index contributed by atoms with van der Waals surface area (Å²) in [7, 11) is 3.24. The van der Waals surface area contributed by atoms with Gasteiger partial charge in [-0.05, 0) is 30.3 Å². The number of methoxy groups -OCH3 is 2. The summed E-state index contributed by atoms with van der Waals surface area (Å²) in [5, 5.41) is 15.5. The van der Waals surface area contributed by atoms with E-state index in [-0.39, 0.29) is 11.7 Å². The molecule has 2 aromatic carbocycles. The first-order valence-corrected chi connectivity index (χ1v) is 11.4. The Morgan fingerprint density at radius 3 is 2.70 bits per heavy atom. The molecule has 0 fully saturated rings. The summed E-state index contributed by atoms with van der Waals surface area (Å²) >= 11 is 4.11. The molecule has 0 atom stereocenters. The molecular formula is C19H17N5O3S3. The Morgan fingerprint density at radius 2 is 1.87 bits per heavy atom. The van der Waals surface area contributed by atoms with E-state index >= 15 is 0 Å². The number of nitrogens with zero attached hydrogens (tertiary/aromatic N) is 3. The number of aromatic nitrogens is 3. The predicted molar refractivity (Wildman–Crippen MR) is 122 cm³/mol. The maximum absolute atomic E-state index is 12.3. The molecule has 8 nitrogen and oxygen atoms in total. The quantitative estimate of drug-likeness (QED) is 0.368. The molecule has 154 valence electrons. The van der Waals surface area contributed by atoms with Gasteiger partial charge in [0.1, 0.15) is 11.5 Å². The van der Waals surface area contributed by atoms with Gasteiger partial charge in [-0.1, -0.05) is 40.5 Å². The molecule has 0 saturated heterocycles. The molecule has 2 heterocycles. The van der Waals surface area contributed by atoms with Crippen LogP contribution in [-0.2, 0) is 4.79 Å². The lowest BCUT2D eigenvalue weighted by Gasteiger charge is -2.04. The first kappa shape index (κ1) is 20.4. The monoisotopic (exact) mass is 459 g/mol. The van der Waals surface area contributed by atoms with Crippen LogP contribution >= 0.6 is 34.4 Å². The molecule has 0 bridgehead atoms. The van der Waals surface area contributed by atoms with Gasteiger partial charge in [0, 0.05) is 11.8 Å². The molecule has 0 unspecified atom stereocenters. The van der Waals surface area contributed by atoms with Crippen LogP contribution in [0, 0.1) is 0 Å². The van der Waals surface area contributed by atoms with Crippen molar-refractivity contribution in [3.63, 3.8) is 0 Å². The Morgan fingerprint density at radius 1 is 1.03 bits per heavy atom. The predicted octanol–water partition coefficient (Wildman–Crippen LogP) is 4.64. The van der Waals surface area contributed by atoms with Crippen molar-refractivity contribution in [3.8, 4) is 11.5 Å². The van der Waals surface area contributed by atoms with Gasteiger partial charge in [0.25, 0.3) is 0 Å². The molecule has 11 heteroatoms. The second-order valence-corrected chi connectivity index (χ2v) is 9.15. The second kappa shape index (κ2) is 9.28. The van der Waals surface area contributed by atoms with Gasteiger partial charge in [0.05, 0.1) is 30.2 Å². The van der Waals surface area contributed by atoms with Crippen molar-refractivity contribution in [2.45, 2.75) is 4.34 Å². The zero-order chi connectivity index (χ0) is 20.9. The molecular weight excluding hydrogens is 442 g/mol. The fraction of sp³-hybridized carbons (Fsp3) is 0.158. The van der Waals surface area contributed by atoms with E-state index in [4.69, 9.17) is 9.47 Å². The highest BCUT2D eigenvalue weighted by atomic mass is 32.2. The van der Waals surface area contributed by atoms with Crippen molar-refractivity contribution in [1.29, 1.82) is 0 Å². The van der Waals surface area contributed by atoms with Gasteiger partial charge >= 0.3 is 0 Å². The van der Waals surface area contributed by atoms with E-state index < -0.39 is 0 Å². The molecule has 0 aliphatic heterocycles. The van der Waals surface area contributed by atoms with Gasteiger partial charge in [0.15, 0.2) is 9.47 Å². The highest BCUT2D eigenvalue weighted by Crippen LogP contribution is 2.31. The third-order valence-electron chi connectivity index (χ3n) is 3.90. The molecule has 0 aliphatic carbocycles. The van der Waals surface area contributed by atoms with Crippen LogP contribution in [0.4, 0.5) is 16.0 Å². The first-order chi connectivity index (χ1) is 14.6. The molecule has 30 heavy (non-hydrogen) atoms. The lowest BCUT2D eigenvalue weighted by Crippen LogP contribution is -2.13. The summed E-state index contributed by atoms with van der Waals surface area (Å²) in [6, 6.07) is 13.2. The van der Waals surface area contributed by atoms with E-state index in [1.807, 2.05) is 42.5 Å². The molecule has 0 radical (unpaired) electrons. The number of hydrogen-bond acceptors (Lipinski definition) is 10. The third-order valence-corrected chi connectivity index (χ3v) is 6.80. The normalized spacial score (nSPS) is 10.7. The summed E-state index contributed by atoms with van der Waals surface area (Å²) < 4.78 is 12.1. The summed E-state index contributed by atoms with van der Waals surface area (Å²) in [6.07, 6.45) is 0. The number of rotatable bonds is 8. The van der Waals surface area contributed by atoms with Crippen molar-refractivity contribution in [3.05, 3.63) is 42.5 Å². The molecule has 2 N–H and O–H groups in total. The van der Waals surface area contributed by atoms with Gasteiger partial charge in [-0.25, -0.2) is 4.98 Å². The molecule has 2 aromatic heterocycles. The number of fused-ring (bicyclic) bond motifs is 1. The number of benzene rings is 2. The maximum atomic E-state index is 12.3. The third kappa shape index (κ3) is 4.99. The van der Waals surface area contributed by atoms with Gasteiger partial charge in [-0.15, -0.1) is 10.2 Å². The fourth-order valence-electron chi connectivity index (χ4n) is 2.51. The van der Waals surface area contributed by atoms with E-state index in [1.165, 1.54) is 34.4 Å². The van der Waals surface area contributed by atoms with E-state index in [2.05, 4.69) is 25.8 Å². The number of hydrogen-bond donors (Lipinski definition) is 2. The molecule has 4 rings (SSSR count).